The molecule has 4 rings (SSSR count). The molecule has 1 N–H and O–H groups in total. The Morgan fingerprint density at radius 3 is 2.63 bits per heavy atom. The average Bonchev–Trinajstić information content (AvgIpc) is 2.91. The maximum Gasteiger partial charge on any atom is 0.243 e. The Morgan fingerprint density at radius 2 is 1.93 bits per heavy atom. The Bertz CT molecular complexity index is 678. The van der Waals surface area contributed by atoms with Gasteiger partial charge in [-0.3, -0.25) is 9.59 Å². The number of likely N-dealkylation sites (tertiary alicyclic amines) is 1. The summed E-state index contributed by atoms with van der Waals surface area (Å²) in [4.78, 5) is 27.2. The summed E-state index contributed by atoms with van der Waals surface area (Å²) in [6, 6.07) is 0.278. The normalized spacial score (nSPS) is 43.6. The Morgan fingerprint density at radius 1 is 1.19 bits per heavy atom. The van der Waals surface area contributed by atoms with Gasteiger partial charge in [0.2, 0.25) is 11.8 Å². The van der Waals surface area contributed by atoms with Crippen LogP contribution in [-0.2, 0) is 9.59 Å². The van der Waals surface area contributed by atoms with Crippen molar-refractivity contribution in [2.75, 3.05) is 6.54 Å². The zero-order valence-electron chi connectivity index (χ0n) is 17.7. The molecule has 150 valence electrons. The van der Waals surface area contributed by atoms with E-state index in [1.54, 1.807) is 6.08 Å². The van der Waals surface area contributed by atoms with Crippen LogP contribution in [-0.4, -0.2) is 34.8 Å². The smallest absolute Gasteiger partial charge is 0.243 e. The molecule has 2 amide bonds. The highest BCUT2D eigenvalue weighted by molar-refractivity contribution is 5.89. The standard InChI is InChI=1S/C23H36N2O2/c1-21(2,3)14-20(27)25-13-10-17-15-6-7-18-22(4,11-9-19(26)24-18)16(15)8-12-23(17,25)5/h9,11,15-18H,6-8,10,12-14H2,1-5H3,(H,24,26)/t15-,16+,17+,18-,22-,23+/m1/s1. The number of hydrogen-bond acceptors (Lipinski definition) is 2. The van der Waals surface area contributed by atoms with Crippen molar-refractivity contribution < 1.29 is 9.59 Å². The lowest BCUT2D eigenvalue weighted by Crippen LogP contribution is -2.62. The fraction of sp³-hybridized carbons (Fsp3) is 0.826. The van der Waals surface area contributed by atoms with Crippen LogP contribution in [0.15, 0.2) is 12.2 Å². The third-order valence-corrected chi connectivity index (χ3v) is 8.31. The monoisotopic (exact) mass is 372 g/mol. The largest absolute Gasteiger partial charge is 0.349 e. The Kier molecular flexibility index (Phi) is 4.29. The number of hydrogen-bond donors (Lipinski definition) is 1. The third-order valence-electron chi connectivity index (χ3n) is 8.31. The molecule has 2 aliphatic heterocycles. The number of amides is 2. The SMILES string of the molecule is CC(C)(C)CC(=O)N1CC[C@H]2[C@@H]3CC[C@H]4NC(=O)C=C[C@]4(C)[C@H]3CC[C@@]21C. The number of nitrogens with one attached hydrogen (secondary N) is 1. The number of rotatable bonds is 1. The molecule has 0 bridgehead atoms. The Hall–Kier alpha value is -1.32. The summed E-state index contributed by atoms with van der Waals surface area (Å²) >= 11 is 0. The molecule has 4 nitrogen and oxygen atoms in total. The van der Waals surface area contributed by atoms with Crippen LogP contribution in [0.1, 0.15) is 73.1 Å². The van der Waals surface area contributed by atoms with Gasteiger partial charge in [0, 0.05) is 30.0 Å². The van der Waals surface area contributed by atoms with Gasteiger partial charge >= 0.3 is 0 Å². The van der Waals surface area contributed by atoms with Crippen LogP contribution in [0.3, 0.4) is 0 Å². The minimum atomic E-state index is 0.0221. The van der Waals surface area contributed by atoms with E-state index in [1.807, 2.05) is 0 Å². The van der Waals surface area contributed by atoms with Crippen LogP contribution in [0, 0.1) is 28.6 Å². The lowest BCUT2D eigenvalue weighted by Gasteiger charge is -2.59. The number of carbonyl (C=O) groups excluding carboxylic acids is 2. The predicted octanol–water partition coefficient (Wildman–Crippen LogP) is 3.91. The molecule has 2 saturated carbocycles. The fourth-order valence-corrected chi connectivity index (χ4v) is 6.98. The molecule has 27 heavy (non-hydrogen) atoms. The quantitative estimate of drug-likeness (QED) is 0.759. The second kappa shape index (κ2) is 6.09. The summed E-state index contributed by atoms with van der Waals surface area (Å²) in [6.07, 6.45) is 10.2. The molecule has 2 aliphatic carbocycles. The molecule has 0 radical (unpaired) electrons. The number of fused-ring (bicyclic) bond motifs is 5. The summed E-state index contributed by atoms with van der Waals surface area (Å²) < 4.78 is 0. The molecule has 4 heteroatoms. The molecule has 3 fully saturated rings. The fourth-order valence-electron chi connectivity index (χ4n) is 6.98. The van der Waals surface area contributed by atoms with Crippen molar-refractivity contribution in [3.63, 3.8) is 0 Å². The highest BCUT2D eigenvalue weighted by Crippen LogP contribution is 2.60. The molecule has 4 aliphatic rings. The molecule has 2 heterocycles. The highest BCUT2D eigenvalue weighted by Gasteiger charge is 2.60. The zero-order valence-corrected chi connectivity index (χ0v) is 17.7. The van der Waals surface area contributed by atoms with E-state index in [-0.39, 0.29) is 28.3 Å². The molecule has 6 atom stereocenters. The summed E-state index contributed by atoms with van der Waals surface area (Å²) in [6.45, 7) is 12.1. The molecule has 1 saturated heterocycles. The van der Waals surface area contributed by atoms with Gasteiger partial charge in [-0.25, -0.2) is 0 Å². The first kappa shape index (κ1) is 19.0. The van der Waals surface area contributed by atoms with Gasteiger partial charge in [-0.2, -0.15) is 0 Å². The maximum atomic E-state index is 13.1. The van der Waals surface area contributed by atoms with Crippen LogP contribution in [0.2, 0.25) is 0 Å². The van der Waals surface area contributed by atoms with Crippen molar-refractivity contribution >= 4 is 11.8 Å². The summed E-state index contributed by atoms with van der Waals surface area (Å²) in [7, 11) is 0. The van der Waals surface area contributed by atoms with Gasteiger partial charge in [0.05, 0.1) is 0 Å². The average molecular weight is 373 g/mol. The second-order valence-corrected chi connectivity index (χ2v) is 11.2. The van der Waals surface area contributed by atoms with E-state index in [1.165, 1.54) is 6.42 Å². The zero-order chi connectivity index (χ0) is 19.6. The summed E-state index contributed by atoms with van der Waals surface area (Å²) in [5.74, 6) is 2.29. The summed E-state index contributed by atoms with van der Waals surface area (Å²) in [5.41, 5.74) is 0.134. The van der Waals surface area contributed by atoms with Crippen molar-refractivity contribution in [1.82, 2.24) is 10.2 Å². The minimum Gasteiger partial charge on any atom is -0.349 e. The minimum absolute atomic E-state index is 0.0221. The van der Waals surface area contributed by atoms with Crippen molar-refractivity contribution in [3.8, 4) is 0 Å². The first-order valence-corrected chi connectivity index (χ1v) is 10.8. The molecule has 0 aromatic heterocycles. The lowest BCUT2D eigenvalue weighted by molar-refractivity contribution is -0.142. The number of nitrogens with zero attached hydrogens (tertiary/aromatic N) is 1. The van der Waals surface area contributed by atoms with E-state index in [4.69, 9.17) is 0 Å². The Balaban J connectivity index is 1.58. The molecule has 0 aromatic rings. The van der Waals surface area contributed by atoms with Gasteiger partial charge in [-0.05, 0) is 68.3 Å². The van der Waals surface area contributed by atoms with Crippen molar-refractivity contribution in [3.05, 3.63) is 12.2 Å². The molecular formula is C23H36N2O2. The number of carbonyl (C=O) groups is 2. The summed E-state index contributed by atoms with van der Waals surface area (Å²) in [5, 5.41) is 3.22. The van der Waals surface area contributed by atoms with Crippen molar-refractivity contribution in [2.24, 2.45) is 28.6 Å². The van der Waals surface area contributed by atoms with Gasteiger partial charge in [0.1, 0.15) is 0 Å². The second-order valence-electron chi connectivity index (χ2n) is 11.2. The van der Waals surface area contributed by atoms with Gasteiger partial charge in [0.15, 0.2) is 0 Å². The topological polar surface area (TPSA) is 49.4 Å². The molecular weight excluding hydrogens is 336 g/mol. The predicted molar refractivity (Wildman–Crippen MR) is 107 cm³/mol. The van der Waals surface area contributed by atoms with E-state index in [0.29, 0.717) is 30.1 Å². The van der Waals surface area contributed by atoms with E-state index in [0.717, 1.165) is 32.2 Å². The first-order chi connectivity index (χ1) is 12.5. The van der Waals surface area contributed by atoms with Gasteiger partial charge in [0.25, 0.3) is 0 Å². The molecule has 0 spiro atoms. The van der Waals surface area contributed by atoms with E-state index >= 15 is 0 Å². The van der Waals surface area contributed by atoms with Crippen molar-refractivity contribution in [2.45, 2.75) is 84.7 Å². The van der Waals surface area contributed by atoms with Crippen LogP contribution < -0.4 is 5.32 Å². The first-order valence-electron chi connectivity index (χ1n) is 10.8. The van der Waals surface area contributed by atoms with E-state index in [9.17, 15) is 9.59 Å². The van der Waals surface area contributed by atoms with E-state index < -0.39 is 0 Å². The lowest BCUT2D eigenvalue weighted by atomic mass is 9.50. The van der Waals surface area contributed by atoms with Crippen LogP contribution >= 0.6 is 0 Å². The maximum absolute atomic E-state index is 13.1. The molecule has 0 aromatic carbocycles. The van der Waals surface area contributed by atoms with Gasteiger partial charge in [-0.15, -0.1) is 0 Å². The highest BCUT2D eigenvalue weighted by atomic mass is 16.2. The van der Waals surface area contributed by atoms with Crippen LogP contribution in [0.4, 0.5) is 0 Å². The van der Waals surface area contributed by atoms with Gasteiger partial charge < -0.3 is 10.2 Å². The van der Waals surface area contributed by atoms with E-state index in [2.05, 4.69) is 50.9 Å². The van der Waals surface area contributed by atoms with Crippen LogP contribution in [0.5, 0.6) is 0 Å². The van der Waals surface area contributed by atoms with Crippen molar-refractivity contribution in [1.29, 1.82) is 0 Å². The third kappa shape index (κ3) is 2.94. The van der Waals surface area contributed by atoms with Gasteiger partial charge in [-0.1, -0.05) is 33.8 Å². The van der Waals surface area contributed by atoms with Crippen LogP contribution in [0.25, 0.3) is 0 Å². The molecule has 0 unspecified atom stereocenters. The Labute approximate surface area is 164 Å².